The number of nitrogens with zero attached hydrogens (tertiary/aromatic N) is 1. The summed E-state index contributed by atoms with van der Waals surface area (Å²) in [6.45, 7) is 8.47. The zero-order chi connectivity index (χ0) is 13.4. The molecule has 0 amide bonds. The minimum absolute atomic E-state index is 0.378. The first-order valence-electron chi connectivity index (χ1n) is 7.16. The molecule has 0 heterocycles. The Morgan fingerprint density at radius 1 is 1.17 bits per heavy atom. The van der Waals surface area contributed by atoms with Crippen LogP contribution >= 0.6 is 0 Å². The minimum atomic E-state index is -0.378. The van der Waals surface area contributed by atoms with Crippen LogP contribution in [0.15, 0.2) is 30.3 Å². The summed E-state index contributed by atoms with van der Waals surface area (Å²) < 4.78 is 0. The van der Waals surface area contributed by atoms with Crippen molar-refractivity contribution >= 4 is 0 Å². The van der Waals surface area contributed by atoms with E-state index < -0.39 is 0 Å². The lowest BCUT2D eigenvalue weighted by atomic mass is 10.1. The van der Waals surface area contributed by atoms with Crippen molar-refractivity contribution in [1.82, 2.24) is 4.90 Å². The molecular formula is C16H27NO. The maximum absolute atomic E-state index is 10.3. The van der Waals surface area contributed by atoms with Gasteiger partial charge in [0.15, 0.2) is 0 Å². The van der Waals surface area contributed by atoms with Gasteiger partial charge in [-0.2, -0.15) is 0 Å². The van der Waals surface area contributed by atoms with Gasteiger partial charge in [0, 0.05) is 12.6 Å². The highest BCUT2D eigenvalue weighted by molar-refractivity contribution is 5.17. The molecule has 2 atom stereocenters. The van der Waals surface area contributed by atoms with Crippen molar-refractivity contribution in [2.24, 2.45) is 0 Å². The van der Waals surface area contributed by atoms with Crippen LogP contribution in [0, 0.1) is 0 Å². The lowest BCUT2D eigenvalue weighted by molar-refractivity contribution is 0.0887. The van der Waals surface area contributed by atoms with Gasteiger partial charge in [0.1, 0.15) is 0 Å². The van der Waals surface area contributed by atoms with Crippen LogP contribution in [-0.4, -0.2) is 29.1 Å². The average Bonchev–Trinajstić information content (AvgIpc) is 2.43. The average molecular weight is 249 g/mol. The highest BCUT2D eigenvalue weighted by Gasteiger charge is 2.16. The van der Waals surface area contributed by atoms with Gasteiger partial charge in [0.05, 0.1) is 6.10 Å². The van der Waals surface area contributed by atoms with Gasteiger partial charge in [-0.25, -0.2) is 0 Å². The highest BCUT2D eigenvalue weighted by Crippen LogP contribution is 2.16. The van der Waals surface area contributed by atoms with E-state index in [1.165, 1.54) is 12.8 Å². The monoisotopic (exact) mass is 249 g/mol. The van der Waals surface area contributed by atoms with Crippen LogP contribution < -0.4 is 0 Å². The first-order valence-corrected chi connectivity index (χ1v) is 7.16. The summed E-state index contributed by atoms with van der Waals surface area (Å²) in [6.07, 6.45) is 3.16. The molecular weight excluding hydrogens is 222 g/mol. The Morgan fingerprint density at radius 3 is 2.39 bits per heavy atom. The second-order valence-corrected chi connectivity index (χ2v) is 5.03. The van der Waals surface area contributed by atoms with Crippen molar-refractivity contribution in [1.29, 1.82) is 0 Å². The SMILES string of the molecule is CCCCN(CC(O)c1ccccc1)C(C)CC. The summed E-state index contributed by atoms with van der Waals surface area (Å²) in [4.78, 5) is 2.40. The molecule has 1 N–H and O–H groups in total. The van der Waals surface area contributed by atoms with Crippen LogP contribution in [0.5, 0.6) is 0 Å². The van der Waals surface area contributed by atoms with Crippen LogP contribution in [0.3, 0.4) is 0 Å². The first kappa shape index (κ1) is 15.2. The molecule has 2 heteroatoms. The molecule has 0 saturated carbocycles. The molecule has 1 aromatic rings. The van der Waals surface area contributed by atoms with Gasteiger partial charge in [-0.05, 0) is 31.9 Å². The molecule has 0 aromatic heterocycles. The topological polar surface area (TPSA) is 23.5 Å². The van der Waals surface area contributed by atoms with Crippen molar-refractivity contribution in [3.05, 3.63) is 35.9 Å². The molecule has 2 nitrogen and oxygen atoms in total. The maximum atomic E-state index is 10.3. The molecule has 2 unspecified atom stereocenters. The summed E-state index contributed by atoms with van der Waals surface area (Å²) in [5, 5.41) is 10.3. The van der Waals surface area contributed by atoms with Crippen LogP contribution in [0.25, 0.3) is 0 Å². The van der Waals surface area contributed by atoms with Crippen molar-refractivity contribution in [2.45, 2.75) is 52.2 Å². The van der Waals surface area contributed by atoms with Gasteiger partial charge >= 0.3 is 0 Å². The number of benzene rings is 1. The molecule has 0 bridgehead atoms. The number of hydrogen-bond acceptors (Lipinski definition) is 2. The van der Waals surface area contributed by atoms with Crippen molar-refractivity contribution in [3.8, 4) is 0 Å². The van der Waals surface area contributed by atoms with E-state index in [-0.39, 0.29) is 6.10 Å². The van der Waals surface area contributed by atoms with E-state index in [1.807, 2.05) is 30.3 Å². The van der Waals surface area contributed by atoms with Gasteiger partial charge < -0.3 is 5.11 Å². The Morgan fingerprint density at radius 2 is 1.83 bits per heavy atom. The number of rotatable bonds is 8. The van der Waals surface area contributed by atoms with E-state index in [9.17, 15) is 5.11 Å². The normalized spacial score (nSPS) is 14.7. The predicted octanol–water partition coefficient (Wildman–Crippen LogP) is 3.62. The highest BCUT2D eigenvalue weighted by atomic mass is 16.3. The van der Waals surface area contributed by atoms with Crippen LogP contribution in [0.1, 0.15) is 51.7 Å². The third-order valence-electron chi connectivity index (χ3n) is 3.60. The van der Waals surface area contributed by atoms with Crippen LogP contribution in [-0.2, 0) is 0 Å². The summed E-state index contributed by atoms with van der Waals surface area (Å²) in [5.74, 6) is 0. The fourth-order valence-electron chi connectivity index (χ4n) is 2.11. The van der Waals surface area contributed by atoms with Crippen molar-refractivity contribution < 1.29 is 5.11 Å². The lowest BCUT2D eigenvalue weighted by Crippen LogP contribution is -2.36. The molecule has 102 valence electrons. The van der Waals surface area contributed by atoms with Crippen molar-refractivity contribution in [2.75, 3.05) is 13.1 Å². The minimum Gasteiger partial charge on any atom is -0.387 e. The second kappa shape index (κ2) is 8.28. The van der Waals surface area contributed by atoms with E-state index in [1.54, 1.807) is 0 Å². The summed E-state index contributed by atoms with van der Waals surface area (Å²) in [5.41, 5.74) is 1.02. The van der Waals surface area contributed by atoms with Gasteiger partial charge in [0.25, 0.3) is 0 Å². The van der Waals surface area contributed by atoms with Gasteiger partial charge in [-0.3, -0.25) is 4.90 Å². The van der Waals surface area contributed by atoms with Crippen molar-refractivity contribution in [3.63, 3.8) is 0 Å². The molecule has 0 radical (unpaired) electrons. The van der Waals surface area contributed by atoms with Gasteiger partial charge in [-0.1, -0.05) is 50.6 Å². The third kappa shape index (κ3) is 4.79. The predicted molar refractivity (Wildman–Crippen MR) is 77.6 cm³/mol. The molecule has 0 saturated heterocycles. The fraction of sp³-hybridized carbons (Fsp3) is 0.625. The molecule has 0 spiro atoms. The number of aliphatic hydroxyl groups excluding tert-OH is 1. The van der Waals surface area contributed by atoms with E-state index in [0.717, 1.165) is 25.1 Å². The van der Waals surface area contributed by atoms with E-state index in [4.69, 9.17) is 0 Å². The largest absolute Gasteiger partial charge is 0.387 e. The number of hydrogen-bond donors (Lipinski definition) is 1. The quantitative estimate of drug-likeness (QED) is 0.760. The molecule has 18 heavy (non-hydrogen) atoms. The fourth-order valence-corrected chi connectivity index (χ4v) is 2.11. The standard InChI is InChI=1S/C16H27NO/c1-4-6-12-17(14(3)5-2)13-16(18)15-10-8-7-9-11-15/h7-11,14,16,18H,4-6,12-13H2,1-3H3. The number of unbranched alkanes of at least 4 members (excludes halogenated alkanes) is 1. The Kier molecular flexibility index (Phi) is 6.99. The Labute approximate surface area is 112 Å². The van der Waals surface area contributed by atoms with E-state index in [0.29, 0.717) is 6.04 Å². The Bertz CT molecular complexity index is 312. The molecule has 1 aromatic carbocycles. The lowest BCUT2D eigenvalue weighted by Gasteiger charge is -2.30. The van der Waals surface area contributed by atoms with Gasteiger partial charge in [-0.15, -0.1) is 0 Å². The second-order valence-electron chi connectivity index (χ2n) is 5.03. The Balaban J connectivity index is 2.59. The van der Waals surface area contributed by atoms with Gasteiger partial charge in [0.2, 0.25) is 0 Å². The zero-order valence-electron chi connectivity index (χ0n) is 12.0. The first-order chi connectivity index (χ1) is 8.69. The molecule has 0 fully saturated rings. The summed E-state index contributed by atoms with van der Waals surface area (Å²) >= 11 is 0. The van der Waals surface area contributed by atoms with Crippen LogP contribution in [0.4, 0.5) is 0 Å². The van der Waals surface area contributed by atoms with E-state index >= 15 is 0 Å². The number of aliphatic hydroxyl groups is 1. The zero-order valence-corrected chi connectivity index (χ0v) is 12.0. The summed E-state index contributed by atoms with van der Waals surface area (Å²) in [6, 6.07) is 10.5. The third-order valence-corrected chi connectivity index (χ3v) is 3.60. The van der Waals surface area contributed by atoms with Crippen LogP contribution in [0.2, 0.25) is 0 Å². The smallest absolute Gasteiger partial charge is 0.0917 e. The molecule has 1 rings (SSSR count). The molecule has 0 aliphatic heterocycles. The van der Waals surface area contributed by atoms with E-state index in [2.05, 4.69) is 25.7 Å². The molecule has 0 aliphatic carbocycles. The Hall–Kier alpha value is -0.860. The molecule has 0 aliphatic rings. The summed E-state index contributed by atoms with van der Waals surface area (Å²) in [7, 11) is 0. The maximum Gasteiger partial charge on any atom is 0.0917 e.